The van der Waals surface area contributed by atoms with Gasteiger partial charge in [0.25, 0.3) is 0 Å². The summed E-state index contributed by atoms with van der Waals surface area (Å²) in [5.74, 6) is 0.884. The summed E-state index contributed by atoms with van der Waals surface area (Å²) in [5.41, 5.74) is 2.11. The van der Waals surface area contributed by atoms with E-state index in [1.54, 1.807) is 16.9 Å². The second kappa shape index (κ2) is 8.31. The number of hydrogen-bond donors (Lipinski definition) is 1. The van der Waals surface area contributed by atoms with Crippen LogP contribution in [0.1, 0.15) is 24.2 Å². The Kier molecular flexibility index (Phi) is 5.88. The largest absolute Gasteiger partial charge is 0.370 e. The number of pyridine rings is 1. The summed E-state index contributed by atoms with van der Waals surface area (Å²) < 4.78 is 7.71. The zero-order valence-electron chi connectivity index (χ0n) is 14.5. The standard InChI is InChI=1S/C17H23ClN6O/c1-3-19-17(21-9-13-4-5-16(18)20-8-13)24-6-7-25-15(12-24)14-10-22-23(2)11-14/h4-5,8,10-11,15H,3,6-7,9,12H2,1-2H3,(H,19,21). The molecule has 1 aliphatic rings. The summed E-state index contributed by atoms with van der Waals surface area (Å²) in [6, 6.07) is 3.73. The van der Waals surface area contributed by atoms with Gasteiger partial charge in [-0.15, -0.1) is 0 Å². The molecule has 0 aromatic carbocycles. The molecule has 1 atom stereocenters. The summed E-state index contributed by atoms with van der Waals surface area (Å²) in [4.78, 5) is 11.1. The fourth-order valence-corrected chi connectivity index (χ4v) is 2.85. The lowest BCUT2D eigenvalue weighted by molar-refractivity contribution is -0.00805. The second-order valence-electron chi connectivity index (χ2n) is 5.91. The molecule has 1 aliphatic heterocycles. The normalized spacial score (nSPS) is 18.4. The minimum atomic E-state index is 0.00325. The Morgan fingerprint density at radius 1 is 1.44 bits per heavy atom. The number of hydrogen-bond acceptors (Lipinski definition) is 4. The Labute approximate surface area is 152 Å². The Hall–Kier alpha value is -2.12. The van der Waals surface area contributed by atoms with E-state index in [2.05, 4.69) is 27.2 Å². The molecule has 1 fully saturated rings. The SMILES string of the molecule is CCNC(=NCc1ccc(Cl)nc1)N1CCOC(c2cnn(C)c2)C1. The van der Waals surface area contributed by atoms with Gasteiger partial charge in [0.05, 0.1) is 25.9 Å². The van der Waals surface area contributed by atoms with E-state index >= 15 is 0 Å². The molecule has 3 heterocycles. The van der Waals surface area contributed by atoms with Gasteiger partial charge in [-0.05, 0) is 18.6 Å². The molecule has 0 aliphatic carbocycles. The van der Waals surface area contributed by atoms with Gasteiger partial charge in [0.15, 0.2) is 5.96 Å². The van der Waals surface area contributed by atoms with Crippen LogP contribution in [-0.2, 0) is 18.3 Å². The van der Waals surface area contributed by atoms with Crippen molar-refractivity contribution >= 4 is 17.6 Å². The van der Waals surface area contributed by atoms with E-state index in [0.717, 1.165) is 36.7 Å². The quantitative estimate of drug-likeness (QED) is 0.512. The van der Waals surface area contributed by atoms with Crippen molar-refractivity contribution in [2.45, 2.75) is 19.6 Å². The molecule has 1 unspecified atom stereocenters. The molecule has 134 valence electrons. The van der Waals surface area contributed by atoms with Crippen LogP contribution in [0.3, 0.4) is 0 Å². The smallest absolute Gasteiger partial charge is 0.194 e. The summed E-state index contributed by atoms with van der Waals surface area (Å²) in [5, 5.41) is 8.09. The van der Waals surface area contributed by atoms with Crippen molar-refractivity contribution < 1.29 is 4.74 Å². The molecule has 1 saturated heterocycles. The van der Waals surface area contributed by atoms with Gasteiger partial charge in [0.2, 0.25) is 0 Å². The number of guanidine groups is 1. The number of nitrogens with zero attached hydrogens (tertiary/aromatic N) is 5. The molecule has 0 spiro atoms. The van der Waals surface area contributed by atoms with Gasteiger partial charge in [-0.25, -0.2) is 9.98 Å². The highest BCUT2D eigenvalue weighted by atomic mass is 35.5. The second-order valence-corrected chi connectivity index (χ2v) is 6.30. The first-order valence-electron chi connectivity index (χ1n) is 8.39. The van der Waals surface area contributed by atoms with Gasteiger partial charge < -0.3 is 15.0 Å². The van der Waals surface area contributed by atoms with Gasteiger partial charge in [-0.1, -0.05) is 17.7 Å². The zero-order chi connectivity index (χ0) is 17.6. The molecule has 0 radical (unpaired) electrons. The van der Waals surface area contributed by atoms with E-state index in [0.29, 0.717) is 18.3 Å². The molecule has 2 aromatic rings. The Morgan fingerprint density at radius 3 is 3.00 bits per heavy atom. The average molecular weight is 363 g/mol. The summed E-state index contributed by atoms with van der Waals surface area (Å²) in [6.45, 7) is 5.65. The summed E-state index contributed by atoms with van der Waals surface area (Å²) >= 11 is 5.83. The van der Waals surface area contributed by atoms with Crippen LogP contribution in [0.5, 0.6) is 0 Å². The highest BCUT2D eigenvalue weighted by Crippen LogP contribution is 2.21. The van der Waals surface area contributed by atoms with E-state index in [1.807, 2.05) is 25.5 Å². The fraction of sp³-hybridized carbons (Fsp3) is 0.471. The topological polar surface area (TPSA) is 67.6 Å². The molecule has 8 heteroatoms. The van der Waals surface area contributed by atoms with Crippen LogP contribution in [0.15, 0.2) is 35.7 Å². The lowest BCUT2D eigenvalue weighted by atomic mass is 10.1. The number of aromatic nitrogens is 3. The van der Waals surface area contributed by atoms with Crippen LogP contribution in [0, 0.1) is 0 Å². The number of nitrogens with one attached hydrogen (secondary N) is 1. The maximum atomic E-state index is 5.91. The van der Waals surface area contributed by atoms with Gasteiger partial charge in [-0.2, -0.15) is 5.10 Å². The number of aryl methyl sites for hydroxylation is 1. The van der Waals surface area contributed by atoms with Crippen molar-refractivity contribution in [3.63, 3.8) is 0 Å². The third kappa shape index (κ3) is 4.70. The monoisotopic (exact) mass is 362 g/mol. The molecular formula is C17H23ClN6O. The molecule has 2 aromatic heterocycles. The van der Waals surface area contributed by atoms with Gasteiger partial charge >= 0.3 is 0 Å². The Balaban J connectivity index is 1.70. The van der Waals surface area contributed by atoms with Crippen molar-refractivity contribution in [1.82, 2.24) is 25.0 Å². The fourth-order valence-electron chi connectivity index (χ4n) is 2.74. The van der Waals surface area contributed by atoms with Crippen molar-refractivity contribution in [2.24, 2.45) is 12.0 Å². The molecule has 3 rings (SSSR count). The lowest BCUT2D eigenvalue weighted by Gasteiger charge is -2.34. The molecule has 0 bridgehead atoms. The maximum Gasteiger partial charge on any atom is 0.194 e. The molecule has 0 amide bonds. The summed E-state index contributed by atoms with van der Waals surface area (Å²) in [7, 11) is 1.91. The maximum absolute atomic E-state index is 5.91. The first-order valence-corrected chi connectivity index (χ1v) is 8.77. The van der Waals surface area contributed by atoms with Crippen LogP contribution in [-0.4, -0.2) is 51.9 Å². The predicted molar refractivity (Wildman–Crippen MR) is 97.5 cm³/mol. The molecular weight excluding hydrogens is 340 g/mol. The minimum Gasteiger partial charge on any atom is -0.370 e. The van der Waals surface area contributed by atoms with Gasteiger partial charge in [-0.3, -0.25) is 4.68 Å². The summed E-state index contributed by atoms with van der Waals surface area (Å²) in [6.07, 6.45) is 5.62. The van der Waals surface area contributed by atoms with Gasteiger partial charge in [0.1, 0.15) is 11.3 Å². The molecule has 0 saturated carbocycles. The Morgan fingerprint density at radius 2 is 2.32 bits per heavy atom. The van der Waals surface area contributed by atoms with Crippen molar-refractivity contribution in [3.8, 4) is 0 Å². The van der Waals surface area contributed by atoms with E-state index in [4.69, 9.17) is 21.3 Å². The van der Waals surface area contributed by atoms with Crippen LogP contribution in [0.2, 0.25) is 5.15 Å². The van der Waals surface area contributed by atoms with Gasteiger partial charge in [0, 0.05) is 38.1 Å². The molecule has 1 N–H and O–H groups in total. The third-order valence-electron chi connectivity index (χ3n) is 4.00. The van der Waals surface area contributed by atoms with E-state index < -0.39 is 0 Å². The van der Waals surface area contributed by atoms with E-state index in [1.165, 1.54) is 0 Å². The number of morpholine rings is 1. The van der Waals surface area contributed by atoms with Crippen LogP contribution in [0.25, 0.3) is 0 Å². The zero-order valence-corrected chi connectivity index (χ0v) is 15.3. The van der Waals surface area contributed by atoms with Crippen molar-refractivity contribution in [1.29, 1.82) is 0 Å². The highest BCUT2D eigenvalue weighted by Gasteiger charge is 2.25. The highest BCUT2D eigenvalue weighted by molar-refractivity contribution is 6.29. The first kappa shape index (κ1) is 17.7. The Bertz CT molecular complexity index is 714. The average Bonchev–Trinajstić information content (AvgIpc) is 3.07. The van der Waals surface area contributed by atoms with Crippen LogP contribution in [0.4, 0.5) is 0 Å². The van der Waals surface area contributed by atoms with Crippen LogP contribution < -0.4 is 5.32 Å². The number of ether oxygens (including phenoxy) is 1. The molecule has 25 heavy (non-hydrogen) atoms. The van der Waals surface area contributed by atoms with E-state index in [-0.39, 0.29) is 6.10 Å². The number of aliphatic imine (C=N–C) groups is 1. The molecule has 7 nitrogen and oxygen atoms in total. The predicted octanol–water partition coefficient (Wildman–Crippen LogP) is 2.01. The minimum absolute atomic E-state index is 0.00325. The number of halogens is 1. The van der Waals surface area contributed by atoms with E-state index in [9.17, 15) is 0 Å². The number of rotatable bonds is 4. The third-order valence-corrected chi connectivity index (χ3v) is 4.22. The first-order chi connectivity index (χ1) is 12.2. The van der Waals surface area contributed by atoms with Crippen molar-refractivity contribution in [2.75, 3.05) is 26.2 Å². The van der Waals surface area contributed by atoms with Crippen LogP contribution >= 0.6 is 11.6 Å². The lowest BCUT2D eigenvalue weighted by Crippen LogP contribution is -2.48. The van der Waals surface area contributed by atoms with Crippen molar-refractivity contribution in [3.05, 3.63) is 47.0 Å².